The number of aliphatic hydroxyl groups excluding tert-OH is 1. The predicted molar refractivity (Wildman–Crippen MR) is 340 cm³/mol. The van der Waals surface area contributed by atoms with Gasteiger partial charge in [0, 0.05) is 25.7 Å². The SMILES string of the molecule is CCCCCCCCCCCCCCCCCCC(=O)O[C@H](COC(=O)CCCCCCCCCCCCC)COP(=O)(O)OC[C@@H](O)COP(=O)(O)OC[C@@H](COC(=O)CCCCCCCCCCC)OC(=O)CCCCCCCCC(C)C. The van der Waals surface area contributed by atoms with Crippen LogP contribution in [0.15, 0.2) is 0 Å². The van der Waals surface area contributed by atoms with Crippen LogP contribution in [-0.2, 0) is 65.4 Å². The molecule has 2 unspecified atom stereocenters. The first-order valence-corrected chi connectivity index (χ1v) is 37.6. The van der Waals surface area contributed by atoms with Crippen molar-refractivity contribution in [3.8, 4) is 0 Å². The highest BCUT2D eigenvalue weighted by Crippen LogP contribution is 2.45. The summed E-state index contributed by atoms with van der Waals surface area (Å²) < 4.78 is 68.0. The molecule has 0 amide bonds. The van der Waals surface area contributed by atoms with Gasteiger partial charge in [0.05, 0.1) is 26.4 Å². The van der Waals surface area contributed by atoms with E-state index < -0.39 is 97.5 Å². The maximum Gasteiger partial charge on any atom is 0.472 e. The molecule has 0 radical (unpaired) electrons. The van der Waals surface area contributed by atoms with E-state index in [0.29, 0.717) is 31.6 Å². The van der Waals surface area contributed by atoms with Crippen molar-refractivity contribution in [3.05, 3.63) is 0 Å². The molecule has 5 atom stereocenters. The standard InChI is InChI=1S/C66H128O17P2/c1-6-9-12-15-18-21-23-24-25-26-27-29-32-35-41-46-51-65(70)82-61(55-77-64(69)50-45-40-34-31-28-22-19-16-13-10-7-2)57-80-84(72,73)78-53-60(67)54-79-85(74,75)81-58-62(83-66(71)52-47-42-37-36-38-43-48-59(4)5)56-76-63(68)49-44-39-33-30-20-17-14-11-8-3/h59-62,67H,6-58H2,1-5H3,(H,72,73)(H,74,75)/t60-,61-,62-/m1/s1. The second-order valence-electron chi connectivity index (χ2n) is 24.3. The number of phosphoric acid groups is 2. The minimum absolute atomic E-state index is 0.102. The van der Waals surface area contributed by atoms with Crippen molar-refractivity contribution in [2.45, 2.75) is 355 Å². The normalized spacial score (nSPS) is 14.2. The molecule has 19 heteroatoms. The molecule has 0 fully saturated rings. The lowest BCUT2D eigenvalue weighted by molar-refractivity contribution is -0.161. The average Bonchev–Trinajstić information content (AvgIpc) is 3.55. The van der Waals surface area contributed by atoms with E-state index >= 15 is 0 Å². The number of unbranched alkanes of at least 4 members (excludes halogenated alkanes) is 38. The van der Waals surface area contributed by atoms with Crippen LogP contribution in [-0.4, -0.2) is 96.7 Å². The van der Waals surface area contributed by atoms with Gasteiger partial charge >= 0.3 is 39.5 Å². The van der Waals surface area contributed by atoms with Gasteiger partial charge in [-0.15, -0.1) is 0 Å². The van der Waals surface area contributed by atoms with Gasteiger partial charge in [0.25, 0.3) is 0 Å². The van der Waals surface area contributed by atoms with Crippen molar-refractivity contribution in [1.29, 1.82) is 0 Å². The maximum absolute atomic E-state index is 13.0. The zero-order valence-corrected chi connectivity index (χ0v) is 56.5. The summed E-state index contributed by atoms with van der Waals surface area (Å²) in [5.74, 6) is -1.46. The van der Waals surface area contributed by atoms with E-state index in [4.69, 9.17) is 37.0 Å². The molecule has 0 saturated heterocycles. The Bertz CT molecular complexity index is 1650. The molecule has 85 heavy (non-hydrogen) atoms. The second kappa shape index (κ2) is 59.7. The van der Waals surface area contributed by atoms with Gasteiger partial charge in [-0.05, 0) is 31.6 Å². The van der Waals surface area contributed by atoms with E-state index in [1.165, 1.54) is 161 Å². The summed E-state index contributed by atoms with van der Waals surface area (Å²) in [5, 5.41) is 10.5. The largest absolute Gasteiger partial charge is 0.472 e. The second-order valence-corrected chi connectivity index (χ2v) is 27.2. The molecule has 0 bridgehead atoms. The number of ether oxygens (including phenoxy) is 4. The van der Waals surface area contributed by atoms with Crippen LogP contribution in [0.25, 0.3) is 0 Å². The Hall–Kier alpha value is -1.94. The fraction of sp³-hybridized carbons (Fsp3) is 0.939. The van der Waals surface area contributed by atoms with Crippen LogP contribution >= 0.6 is 15.6 Å². The highest BCUT2D eigenvalue weighted by atomic mass is 31.2. The number of carbonyl (C=O) groups excluding carboxylic acids is 4. The Balaban J connectivity index is 5.21. The third-order valence-electron chi connectivity index (χ3n) is 15.3. The highest BCUT2D eigenvalue weighted by molar-refractivity contribution is 7.47. The Morgan fingerprint density at radius 3 is 0.800 bits per heavy atom. The smallest absolute Gasteiger partial charge is 0.462 e. The van der Waals surface area contributed by atoms with Crippen LogP contribution in [0.1, 0.15) is 336 Å². The molecule has 0 heterocycles. The molecule has 0 aromatic heterocycles. The van der Waals surface area contributed by atoms with E-state index in [2.05, 4.69) is 34.6 Å². The number of hydrogen-bond donors (Lipinski definition) is 3. The highest BCUT2D eigenvalue weighted by Gasteiger charge is 2.30. The van der Waals surface area contributed by atoms with E-state index in [0.717, 1.165) is 89.9 Å². The van der Waals surface area contributed by atoms with Crippen LogP contribution in [0.2, 0.25) is 0 Å². The lowest BCUT2D eigenvalue weighted by Crippen LogP contribution is -2.30. The lowest BCUT2D eigenvalue weighted by atomic mass is 10.0. The lowest BCUT2D eigenvalue weighted by Gasteiger charge is -2.21. The van der Waals surface area contributed by atoms with Crippen molar-refractivity contribution < 1.29 is 80.2 Å². The molecule has 0 saturated carbocycles. The molecular weight excluding hydrogens is 1130 g/mol. The Kier molecular flexibility index (Phi) is 58.3. The van der Waals surface area contributed by atoms with Gasteiger partial charge in [-0.1, -0.05) is 285 Å². The maximum atomic E-state index is 13.0. The quantitative estimate of drug-likeness (QED) is 0.0222. The molecule has 504 valence electrons. The molecule has 17 nitrogen and oxygen atoms in total. The number of rotatable bonds is 66. The molecule has 3 N–H and O–H groups in total. The van der Waals surface area contributed by atoms with Crippen LogP contribution in [0.5, 0.6) is 0 Å². The third kappa shape index (κ3) is 60.7. The molecule has 0 aliphatic carbocycles. The zero-order chi connectivity index (χ0) is 62.8. The number of phosphoric ester groups is 2. The van der Waals surface area contributed by atoms with E-state index in [1.54, 1.807) is 0 Å². The van der Waals surface area contributed by atoms with Crippen LogP contribution in [0.4, 0.5) is 0 Å². The van der Waals surface area contributed by atoms with Gasteiger partial charge < -0.3 is 33.8 Å². The molecule has 0 aromatic carbocycles. The van der Waals surface area contributed by atoms with Crippen LogP contribution in [0, 0.1) is 5.92 Å². The van der Waals surface area contributed by atoms with Gasteiger partial charge in [0.1, 0.15) is 19.3 Å². The minimum Gasteiger partial charge on any atom is -0.462 e. The van der Waals surface area contributed by atoms with E-state index in [1.807, 2.05) is 0 Å². The molecule has 0 spiro atoms. The monoisotopic (exact) mass is 1250 g/mol. The van der Waals surface area contributed by atoms with E-state index in [-0.39, 0.29) is 25.7 Å². The Morgan fingerprint density at radius 2 is 0.541 bits per heavy atom. The van der Waals surface area contributed by atoms with Gasteiger partial charge in [0.2, 0.25) is 0 Å². The summed E-state index contributed by atoms with van der Waals surface area (Å²) in [7, 11) is -9.89. The first-order valence-electron chi connectivity index (χ1n) is 34.6. The Morgan fingerprint density at radius 1 is 0.318 bits per heavy atom. The van der Waals surface area contributed by atoms with E-state index in [9.17, 15) is 43.2 Å². The third-order valence-corrected chi connectivity index (χ3v) is 17.2. The fourth-order valence-corrected chi connectivity index (χ4v) is 11.5. The summed E-state index contributed by atoms with van der Waals surface area (Å²) in [6, 6.07) is 0. The van der Waals surface area contributed by atoms with Gasteiger partial charge in [-0.2, -0.15) is 0 Å². The zero-order valence-electron chi connectivity index (χ0n) is 54.7. The number of carbonyl (C=O) groups is 4. The number of esters is 4. The fourth-order valence-electron chi connectivity index (χ4n) is 9.94. The van der Waals surface area contributed by atoms with Crippen molar-refractivity contribution in [2.75, 3.05) is 39.6 Å². The van der Waals surface area contributed by atoms with Gasteiger partial charge in [-0.25, -0.2) is 9.13 Å². The number of aliphatic hydroxyl groups is 1. The summed E-state index contributed by atoms with van der Waals surface area (Å²) in [6.07, 6.45) is 44.6. The summed E-state index contributed by atoms with van der Waals surface area (Å²) in [5.41, 5.74) is 0. The van der Waals surface area contributed by atoms with Crippen LogP contribution in [0.3, 0.4) is 0 Å². The molecule has 0 aliphatic rings. The van der Waals surface area contributed by atoms with Gasteiger partial charge in [-0.3, -0.25) is 37.3 Å². The first-order chi connectivity index (χ1) is 41.0. The summed E-state index contributed by atoms with van der Waals surface area (Å²) >= 11 is 0. The molecular formula is C66H128O17P2. The van der Waals surface area contributed by atoms with Crippen molar-refractivity contribution in [3.63, 3.8) is 0 Å². The van der Waals surface area contributed by atoms with Crippen molar-refractivity contribution in [2.24, 2.45) is 5.92 Å². The molecule has 0 aliphatic heterocycles. The predicted octanol–water partition coefficient (Wildman–Crippen LogP) is 18.6. The van der Waals surface area contributed by atoms with Crippen molar-refractivity contribution in [1.82, 2.24) is 0 Å². The Labute approximate surface area is 517 Å². The van der Waals surface area contributed by atoms with Crippen molar-refractivity contribution >= 4 is 39.5 Å². The minimum atomic E-state index is -4.95. The number of hydrogen-bond acceptors (Lipinski definition) is 15. The average molecular weight is 1260 g/mol. The topological polar surface area (TPSA) is 237 Å². The van der Waals surface area contributed by atoms with Crippen LogP contribution < -0.4 is 0 Å². The van der Waals surface area contributed by atoms with Gasteiger partial charge in [0.15, 0.2) is 12.2 Å². The summed E-state index contributed by atoms with van der Waals surface area (Å²) in [4.78, 5) is 72.2. The molecule has 0 rings (SSSR count). The summed E-state index contributed by atoms with van der Waals surface area (Å²) in [6.45, 7) is 7.11. The molecule has 0 aromatic rings. The first kappa shape index (κ1) is 83.1.